The molecular formula is C18H28N6. The van der Waals surface area contributed by atoms with E-state index in [1.54, 1.807) is 0 Å². The van der Waals surface area contributed by atoms with Crippen molar-refractivity contribution in [2.75, 3.05) is 13.1 Å². The Balaban J connectivity index is 1.94. The molecule has 0 fully saturated rings. The maximum atomic E-state index is 4.67. The molecule has 0 aliphatic heterocycles. The smallest absolute Gasteiger partial charge is 0.191 e. The highest BCUT2D eigenvalue weighted by molar-refractivity contribution is 5.79. The van der Waals surface area contributed by atoms with Crippen LogP contribution < -0.4 is 10.6 Å². The summed E-state index contributed by atoms with van der Waals surface area (Å²) in [5.74, 6) is 2.39. The van der Waals surface area contributed by atoms with Gasteiger partial charge in [0.05, 0.1) is 6.54 Å². The molecule has 24 heavy (non-hydrogen) atoms. The van der Waals surface area contributed by atoms with Gasteiger partial charge in [-0.25, -0.2) is 9.98 Å². The average molecular weight is 328 g/mol. The fraction of sp³-hybridized carbons (Fsp3) is 0.500. The van der Waals surface area contributed by atoms with E-state index in [2.05, 4.69) is 63.7 Å². The lowest BCUT2D eigenvalue weighted by atomic mass is 10.1. The maximum absolute atomic E-state index is 4.67. The molecular weight excluding hydrogens is 300 g/mol. The van der Waals surface area contributed by atoms with Crippen LogP contribution in [0, 0.1) is 5.92 Å². The van der Waals surface area contributed by atoms with Gasteiger partial charge in [0.15, 0.2) is 11.8 Å². The Morgan fingerprint density at radius 1 is 1.29 bits per heavy atom. The van der Waals surface area contributed by atoms with Gasteiger partial charge in [-0.15, -0.1) is 0 Å². The number of hydrogen-bond acceptors (Lipinski definition) is 3. The third-order valence-corrected chi connectivity index (χ3v) is 3.63. The Labute approximate surface area is 144 Å². The first kappa shape index (κ1) is 18.0. The predicted octanol–water partition coefficient (Wildman–Crippen LogP) is 2.96. The molecule has 0 saturated heterocycles. The molecule has 2 rings (SSSR count). The Bertz CT molecular complexity index is 618. The minimum atomic E-state index is 0.626. The molecule has 0 aliphatic carbocycles. The molecule has 0 atom stereocenters. The Morgan fingerprint density at radius 2 is 2.17 bits per heavy atom. The van der Waals surface area contributed by atoms with E-state index in [-0.39, 0.29) is 0 Å². The second-order valence-electron chi connectivity index (χ2n) is 6.19. The van der Waals surface area contributed by atoms with E-state index in [0.29, 0.717) is 6.54 Å². The number of aromatic nitrogens is 3. The van der Waals surface area contributed by atoms with Crippen LogP contribution in [0.5, 0.6) is 0 Å². The zero-order valence-corrected chi connectivity index (χ0v) is 14.8. The van der Waals surface area contributed by atoms with Gasteiger partial charge in [-0.3, -0.25) is 5.10 Å². The van der Waals surface area contributed by atoms with Crippen LogP contribution in [-0.4, -0.2) is 34.2 Å². The second kappa shape index (κ2) is 9.70. The summed E-state index contributed by atoms with van der Waals surface area (Å²) in [4.78, 5) is 8.86. The van der Waals surface area contributed by atoms with Gasteiger partial charge in [-0.05, 0) is 37.3 Å². The summed E-state index contributed by atoms with van der Waals surface area (Å²) in [6.45, 7) is 9.01. The van der Waals surface area contributed by atoms with Crippen LogP contribution >= 0.6 is 0 Å². The summed E-state index contributed by atoms with van der Waals surface area (Å²) in [5.41, 5.74) is 2.17. The second-order valence-corrected chi connectivity index (χ2v) is 6.19. The van der Waals surface area contributed by atoms with E-state index < -0.39 is 0 Å². The number of nitrogens with zero attached hydrogens (tertiary/aromatic N) is 3. The minimum absolute atomic E-state index is 0.626. The van der Waals surface area contributed by atoms with Crippen LogP contribution in [0.1, 0.15) is 39.2 Å². The van der Waals surface area contributed by atoms with Crippen molar-refractivity contribution in [2.24, 2.45) is 10.9 Å². The predicted molar refractivity (Wildman–Crippen MR) is 98.7 cm³/mol. The van der Waals surface area contributed by atoms with Crippen LogP contribution in [0.3, 0.4) is 0 Å². The number of H-pyrrole nitrogens is 1. The summed E-state index contributed by atoms with van der Waals surface area (Å²) in [5, 5.41) is 13.5. The Hall–Kier alpha value is -2.37. The van der Waals surface area contributed by atoms with Crippen LogP contribution in [0.25, 0.3) is 11.4 Å². The van der Waals surface area contributed by atoms with E-state index in [0.717, 1.165) is 48.3 Å². The lowest BCUT2D eigenvalue weighted by Gasteiger charge is -2.12. The van der Waals surface area contributed by atoms with E-state index in [1.807, 2.05) is 12.1 Å². The van der Waals surface area contributed by atoms with Crippen LogP contribution in [-0.2, 0) is 6.54 Å². The average Bonchev–Trinajstić information content (AvgIpc) is 3.11. The Morgan fingerprint density at radius 3 is 2.88 bits per heavy atom. The maximum Gasteiger partial charge on any atom is 0.191 e. The molecule has 0 amide bonds. The van der Waals surface area contributed by atoms with E-state index >= 15 is 0 Å². The van der Waals surface area contributed by atoms with Crippen molar-refractivity contribution in [3.05, 3.63) is 36.2 Å². The standard InChI is InChI=1S/C18H28N6/c1-4-19-18(20-10-6-7-14(2)3)21-12-15-8-5-9-16(11-15)17-22-13-23-24-17/h5,8-9,11,13-14H,4,6-7,10,12H2,1-3H3,(H2,19,20,21)(H,22,23,24). The minimum Gasteiger partial charge on any atom is -0.357 e. The van der Waals surface area contributed by atoms with Gasteiger partial charge >= 0.3 is 0 Å². The van der Waals surface area contributed by atoms with Gasteiger partial charge in [0.2, 0.25) is 0 Å². The van der Waals surface area contributed by atoms with Crippen molar-refractivity contribution in [2.45, 2.75) is 40.2 Å². The fourth-order valence-corrected chi connectivity index (χ4v) is 2.39. The van der Waals surface area contributed by atoms with Crippen molar-refractivity contribution in [1.82, 2.24) is 25.8 Å². The molecule has 0 spiro atoms. The molecule has 0 bridgehead atoms. The lowest BCUT2D eigenvalue weighted by Crippen LogP contribution is -2.37. The van der Waals surface area contributed by atoms with Crippen molar-refractivity contribution in [1.29, 1.82) is 0 Å². The zero-order chi connectivity index (χ0) is 17.2. The number of rotatable bonds is 8. The van der Waals surface area contributed by atoms with E-state index in [4.69, 9.17) is 0 Å². The number of benzene rings is 1. The molecule has 1 heterocycles. The number of aromatic amines is 1. The van der Waals surface area contributed by atoms with Crippen molar-refractivity contribution in [3.63, 3.8) is 0 Å². The summed E-state index contributed by atoms with van der Waals surface area (Å²) in [6, 6.07) is 8.20. The lowest BCUT2D eigenvalue weighted by molar-refractivity contribution is 0.549. The molecule has 130 valence electrons. The molecule has 3 N–H and O–H groups in total. The first-order valence-electron chi connectivity index (χ1n) is 8.66. The normalized spacial score (nSPS) is 11.8. The zero-order valence-electron chi connectivity index (χ0n) is 14.8. The third-order valence-electron chi connectivity index (χ3n) is 3.63. The van der Waals surface area contributed by atoms with Crippen LogP contribution in [0.2, 0.25) is 0 Å². The van der Waals surface area contributed by atoms with E-state index in [9.17, 15) is 0 Å². The highest BCUT2D eigenvalue weighted by Crippen LogP contribution is 2.15. The largest absolute Gasteiger partial charge is 0.357 e. The highest BCUT2D eigenvalue weighted by atomic mass is 15.2. The van der Waals surface area contributed by atoms with E-state index in [1.165, 1.54) is 12.7 Å². The summed E-state index contributed by atoms with van der Waals surface area (Å²) in [6.07, 6.45) is 3.90. The van der Waals surface area contributed by atoms with Gasteiger partial charge in [0.25, 0.3) is 0 Å². The molecule has 6 nitrogen and oxygen atoms in total. The molecule has 0 radical (unpaired) electrons. The quantitative estimate of drug-likeness (QED) is 0.395. The fourth-order valence-electron chi connectivity index (χ4n) is 2.39. The monoisotopic (exact) mass is 328 g/mol. The van der Waals surface area contributed by atoms with Gasteiger partial charge in [0.1, 0.15) is 6.33 Å². The number of hydrogen-bond donors (Lipinski definition) is 3. The molecule has 1 aromatic heterocycles. The summed E-state index contributed by atoms with van der Waals surface area (Å²) < 4.78 is 0. The molecule has 0 saturated carbocycles. The van der Waals surface area contributed by atoms with Gasteiger partial charge < -0.3 is 10.6 Å². The van der Waals surface area contributed by atoms with Gasteiger partial charge in [0, 0.05) is 18.7 Å². The number of aliphatic imine (C=N–C) groups is 1. The first-order chi connectivity index (χ1) is 11.7. The molecule has 6 heteroatoms. The molecule has 1 aromatic carbocycles. The van der Waals surface area contributed by atoms with Crippen molar-refractivity contribution in [3.8, 4) is 11.4 Å². The van der Waals surface area contributed by atoms with Crippen LogP contribution in [0.4, 0.5) is 0 Å². The molecule has 0 unspecified atom stereocenters. The van der Waals surface area contributed by atoms with Gasteiger partial charge in [-0.2, -0.15) is 5.10 Å². The summed E-state index contributed by atoms with van der Waals surface area (Å²) >= 11 is 0. The molecule has 2 aromatic rings. The topological polar surface area (TPSA) is 78.0 Å². The number of nitrogens with one attached hydrogen (secondary N) is 3. The molecule has 0 aliphatic rings. The van der Waals surface area contributed by atoms with Crippen molar-refractivity contribution < 1.29 is 0 Å². The SMILES string of the molecule is CCNC(=NCc1cccc(-c2ncn[nH]2)c1)NCCCC(C)C. The van der Waals surface area contributed by atoms with Gasteiger partial charge in [-0.1, -0.05) is 32.0 Å². The Kier molecular flexibility index (Phi) is 7.26. The number of guanidine groups is 1. The van der Waals surface area contributed by atoms with Crippen LogP contribution in [0.15, 0.2) is 35.6 Å². The van der Waals surface area contributed by atoms with Crippen molar-refractivity contribution >= 4 is 5.96 Å². The highest BCUT2D eigenvalue weighted by Gasteiger charge is 2.02. The third kappa shape index (κ3) is 6.02. The summed E-state index contributed by atoms with van der Waals surface area (Å²) in [7, 11) is 0. The first-order valence-corrected chi connectivity index (χ1v) is 8.66.